The summed E-state index contributed by atoms with van der Waals surface area (Å²) in [6.07, 6.45) is 0.428. The Morgan fingerprint density at radius 2 is 2.00 bits per heavy atom. The van der Waals surface area contributed by atoms with Crippen LogP contribution < -0.4 is 4.74 Å². The highest BCUT2D eigenvalue weighted by Crippen LogP contribution is 2.28. The van der Waals surface area contributed by atoms with Gasteiger partial charge in [0.25, 0.3) is 0 Å². The molecule has 2 aromatic carbocycles. The van der Waals surface area contributed by atoms with E-state index in [0.717, 1.165) is 9.99 Å². The number of carbonyl (C=O) groups excluding carboxylic acids is 1. The van der Waals surface area contributed by atoms with Gasteiger partial charge in [-0.2, -0.15) is 5.26 Å². The van der Waals surface area contributed by atoms with Crippen LogP contribution in [0, 0.1) is 32.5 Å². The highest BCUT2D eigenvalue weighted by molar-refractivity contribution is 14.1. The van der Waals surface area contributed by atoms with Gasteiger partial charge in [0.15, 0.2) is 0 Å². The summed E-state index contributed by atoms with van der Waals surface area (Å²) in [5.41, 5.74) is 0.361. The van der Waals surface area contributed by atoms with Gasteiger partial charge in [-0.1, -0.05) is 6.07 Å². The molecule has 1 atom stereocenters. The van der Waals surface area contributed by atoms with Crippen molar-refractivity contribution in [2.24, 2.45) is 5.92 Å². The molecule has 170 valence electrons. The minimum Gasteiger partial charge on any atom is -0.492 e. The Hall–Kier alpha value is -2.41. The predicted molar refractivity (Wildman–Crippen MR) is 124 cm³/mol. The van der Waals surface area contributed by atoms with Gasteiger partial charge in [0.1, 0.15) is 29.1 Å². The average Bonchev–Trinajstić information content (AvgIpc) is 3.16. The summed E-state index contributed by atoms with van der Waals surface area (Å²) in [7, 11) is 0. The van der Waals surface area contributed by atoms with E-state index in [2.05, 4.69) is 6.07 Å². The van der Waals surface area contributed by atoms with Crippen molar-refractivity contribution < 1.29 is 23.0 Å². The number of carbonyl (C=O) groups is 1. The van der Waals surface area contributed by atoms with Crippen LogP contribution in [0.1, 0.15) is 43.9 Å². The van der Waals surface area contributed by atoms with E-state index in [1.165, 1.54) is 18.2 Å². The van der Waals surface area contributed by atoms with Crippen molar-refractivity contribution in [3.63, 3.8) is 0 Å². The maximum atomic E-state index is 14.3. The molecule has 1 heterocycles. The normalized spacial score (nSPS) is 16.0. The highest BCUT2D eigenvalue weighted by atomic mass is 127. The molecular weight excluding hydrogens is 529 g/mol. The van der Waals surface area contributed by atoms with Crippen LogP contribution in [0.4, 0.5) is 13.6 Å². The maximum Gasteiger partial charge on any atom is 0.410 e. The van der Waals surface area contributed by atoms with Crippen molar-refractivity contribution in [1.82, 2.24) is 4.90 Å². The van der Waals surface area contributed by atoms with Crippen LogP contribution in [-0.4, -0.2) is 36.3 Å². The third-order valence-electron chi connectivity index (χ3n) is 5.07. The first-order chi connectivity index (χ1) is 15.1. The molecule has 3 rings (SSSR count). The van der Waals surface area contributed by atoms with Crippen LogP contribution in [0.5, 0.6) is 5.75 Å². The molecule has 0 bridgehead atoms. The second-order valence-electron chi connectivity index (χ2n) is 8.85. The number of likely N-dealkylation sites (tertiary alicyclic amines) is 1. The molecule has 0 saturated carbocycles. The zero-order chi connectivity index (χ0) is 23.5. The van der Waals surface area contributed by atoms with Gasteiger partial charge in [0.05, 0.1) is 12.2 Å². The number of rotatable bonds is 5. The fourth-order valence-corrected chi connectivity index (χ4v) is 4.01. The molecule has 1 aliphatic heterocycles. The van der Waals surface area contributed by atoms with E-state index in [1.807, 2.05) is 43.4 Å². The van der Waals surface area contributed by atoms with Crippen LogP contribution in [0.3, 0.4) is 0 Å². The number of hydrogen-bond donors (Lipinski definition) is 0. The van der Waals surface area contributed by atoms with Crippen LogP contribution in [0.2, 0.25) is 0 Å². The zero-order valence-corrected chi connectivity index (χ0v) is 20.4. The van der Waals surface area contributed by atoms with E-state index < -0.39 is 17.2 Å². The van der Waals surface area contributed by atoms with E-state index in [-0.39, 0.29) is 36.4 Å². The lowest BCUT2D eigenvalue weighted by atomic mass is 9.99. The first-order valence-electron chi connectivity index (χ1n) is 10.3. The smallest absolute Gasteiger partial charge is 0.410 e. The van der Waals surface area contributed by atoms with Gasteiger partial charge in [-0.05, 0) is 79.1 Å². The summed E-state index contributed by atoms with van der Waals surface area (Å²) in [6, 6.07) is 9.28. The van der Waals surface area contributed by atoms with Crippen molar-refractivity contribution >= 4 is 28.7 Å². The molecule has 1 aliphatic rings. The van der Waals surface area contributed by atoms with Crippen LogP contribution >= 0.6 is 22.6 Å². The third kappa shape index (κ3) is 6.31. The maximum absolute atomic E-state index is 14.3. The molecule has 32 heavy (non-hydrogen) atoms. The molecular formula is C24H25F2IN2O3. The van der Waals surface area contributed by atoms with E-state index in [4.69, 9.17) is 9.47 Å². The van der Waals surface area contributed by atoms with Gasteiger partial charge >= 0.3 is 6.09 Å². The largest absolute Gasteiger partial charge is 0.492 e. The quantitative estimate of drug-likeness (QED) is 0.448. The summed E-state index contributed by atoms with van der Waals surface area (Å²) < 4.78 is 40.5. The van der Waals surface area contributed by atoms with E-state index in [1.54, 1.807) is 17.0 Å². The molecule has 1 amide bonds. The van der Waals surface area contributed by atoms with Crippen molar-refractivity contribution in [3.8, 4) is 11.8 Å². The Labute approximate surface area is 200 Å². The van der Waals surface area contributed by atoms with Crippen LogP contribution in [0.15, 0.2) is 30.3 Å². The van der Waals surface area contributed by atoms with Crippen molar-refractivity contribution in [1.29, 1.82) is 5.26 Å². The Kier molecular flexibility index (Phi) is 7.59. The second-order valence-corrected chi connectivity index (χ2v) is 10.1. The Balaban J connectivity index is 1.70. The first kappa shape index (κ1) is 24.2. The summed E-state index contributed by atoms with van der Waals surface area (Å²) in [4.78, 5) is 13.9. The second kappa shape index (κ2) is 10.0. The predicted octanol–water partition coefficient (Wildman–Crippen LogP) is 5.67. The van der Waals surface area contributed by atoms with Gasteiger partial charge in [-0.3, -0.25) is 0 Å². The lowest BCUT2D eigenvalue weighted by Gasteiger charge is -2.24. The monoisotopic (exact) mass is 554 g/mol. The summed E-state index contributed by atoms with van der Waals surface area (Å²) in [5.74, 6) is -0.791. The average molecular weight is 554 g/mol. The fourth-order valence-electron chi connectivity index (χ4n) is 3.55. The van der Waals surface area contributed by atoms with Crippen LogP contribution in [0.25, 0.3) is 0 Å². The van der Waals surface area contributed by atoms with Crippen molar-refractivity contribution in [3.05, 3.63) is 62.2 Å². The van der Waals surface area contributed by atoms with E-state index >= 15 is 0 Å². The lowest BCUT2D eigenvalue weighted by Crippen LogP contribution is -2.35. The highest BCUT2D eigenvalue weighted by Gasteiger charge is 2.30. The molecule has 1 unspecified atom stereocenters. The van der Waals surface area contributed by atoms with Gasteiger partial charge in [0.2, 0.25) is 0 Å². The minimum absolute atomic E-state index is 0.0365. The number of hydrogen-bond acceptors (Lipinski definition) is 4. The molecule has 0 aromatic heterocycles. The molecule has 8 heteroatoms. The molecule has 2 aromatic rings. The first-order valence-corrected chi connectivity index (χ1v) is 11.4. The Morgan fingerprint density at radius 1 is 1.25 bits per heavy atom. The SMILES string of the molecule is CC(C)(C)OC(=O)N1CCC(COc2cc(F)cc(Cc3ccc(I)cc3F)c2C#N)C1. The third-order valence-corrected chi connectivity index (χ3v) is 5.74. The summed E-state index contributed by atoms with van der Waals surface area (Å²) in [5, 5.41) is 9.68. The number of benzene rings is 2. The summed E-state index contributed by atoms with van der Waals surface area (Å²) >= 11 is 2.01. The molecule has 0 spiro atoms. The van der Waals surface area contributed by atoms with E-state index in [9.17, 15) is 18.8 Å². The molecule has 5 nitrogen and oxygen atoms in total. The summed E-state index contributed by atoms with van der Waals surface area (Å²) in [6.45, 7) is 6.69. The zero-order valence-electron chi connectivity index (χ0n) is 18.3. The molecule has 0 radical (unpaired) electrons. The molecule has 0 aliphatic carbocycles. The topological polar surface area (TPSA) is 62.6 Å². The standard InChI is InChI=1S/C24H25F2IN2O3/c1-24(2,3)32-23(30)29-7-6-15(13-29)14-31-22-10-18(25)9-17(20(22)12-28)8-16-4-5-19(27)11-21(16)26/h4-5,9-11,15H,6-8,13-14H2,1-3H3. The molecule has 1 fully saturated rings. The number of amides is 1. The van der Waals surface area contributed by atoms with Crippen molar-refractivity contribution in [2.45, 2.75) is 39.2 Å². The van der Waals surface area contributed by atoms with Gasteiger partial charge in [0, 0.05) is 35.1 Å². The van der Waals surface area contributed by atoms with Gasteiger partial charge < -0.3 is 14.4 Å². The fraction of sp³-hybridized carbons (Fsp3) is 0.417. The molecule has 1 saturated heterocycles. The van der Waals surface area contributed by atoms with Crippen molar-refractivity contribution in [2.75, 3.05) is 19.7 Å². The lowest BCUT2D eigenvalue weighted by molar-refractivity contribution is 0.0285. The Morgan fingerprint density at radius 3 is 2.66 bits per heavy atom. The Bertz CT molecular complexity index is 1050. The molecule has 0 N–H and O–H groups in total. The number of nitrogens with zero attached hydrogens (tertiary/aromatic N) is 2. The number of halogens is 3. The minimum atomic E-state index is -0.568. The van der Waals surface area contributed by atoms with Gasteiger partial charge in [-0.25, -0.2) is 13.6 Å². The number of ether oxygens (including phenoxy) is 2. The van der Waals surface area contributed by atoms with Gasteiger partial charge in [-0.15, -0.1) is 0 Å². The van der Waals surface area contributed by atoms with E-state index in [0.29, 0.717) is 24.2 Å². The number of nitriles is 1. The van der Waals surface area contributed by atoms with Crippen LogP contribution in [-0.2, 0) is 11.2 Å².